The zero-order chi connectivity index (χ0) is 20.6. The molecule has 28 heavy (non-hydrogen) atoms. The Hall–Kier alpha value is -3.15. The fraction of sp³-hybridized carbons (Fsp3) is 0.273. The summed E-state index contributed by atoms with van der Waals surface area (Å²) in [6.07, 6.45) is 0. The van der Waals surface area contributed by atoms with E-state index in [1.807, 2.05) is 13.8 Å². The molecule has 1 heterocycles. The topological polar surface area (TPSA) is 82.5 Å². The first-order chi connectivity index (χ1) is 13.2. The molecule has 0 unspecified atom stereocenters. The molecule has 0 spiro atoms. The lowest BCUT2D eigenvalue weighted by Crippen LogP contribution is -2.27. The van der Waals surface area contributed by atoms with E-state index in [9.17, 15) is 19.4 Å². The van der Waals surface area contributed by atoms with Gasteiger partial charge in [-0.05, 0) is 60.7 Å². The van der Waals surface area contributed by atoms with Gasteiger partial charge in [-0.3, -0.25) is 4.79 Å². The predicted molar refractivity (Wildman–Crippen MR) is 108 cm³/mol. The summed E-state index contributed by atoms with van der Waals surface area (Å²) < 4.78 is 13.9. The van der Waals surface area contributed by atoms with Gasteiger partial charge in [-0.15, -0.1) is 0 Å². The zero-order valence-corrected chi connectivity index (χ0v) is 16.2. The Morgan fingerprint density at radius 1 is 1.14 bits per heavy atom. The number of anilines is 1. The second-order valence-corrected chi connectivity index (χ2v) is 7.27. The van der Waals surface area contributed by atoms with Crippen molar-refractivity contribution in [3.8, 4) is 16.9 Å². The number of nitrogens with one attached hydrogen (secondary N) is 1. The largest absolute Gasteiger partial charge is 0.508 e. The zero-order valence-electron chi connectivity index (χ0n) is 16.2. The van der Waals surface area contributed by atoms with Crippen molar-refractivity contribution in [1.82, 2.24) is 4.98 Å². The number of phenolic OH excluding ortho intramolecular Hbond substituents is 1. The van der Waals surface area contributed by atoms with E-state index in [-0.39, 0.29) is 17.5 Å². The maximum Gasteiger partial charge on any atom is 0.325 e. The summed E-state index contributed by atoms with van der Waals surface area (Å²) >= 11 is 0. The highest BCUT2D eigenvalue weighted by Gasteiger charge is 2.22. The van der Waals surface area contributed by atoms with Crippen LogP contribution in [0.1, 0.15) is 37.8 Å². The van der Waals surface area contributed by atoms with E-state index >= 15 is 0 Å². The molecule has 0 saturated heterocycles. The van der Waals surface area contributed by atoms with Crippen LogP contribution in [0, 0.1) is 12.7 Å². The van der Waals surface area contributed by atoms with Crippen molar-refractivity contribution < 1.29 is 19.4 Å². The SMILES string of the molecule is Cc1cc(-c2c(C(C)C)c(N[C@H](C)C(=O)O)nc3cc(O)ccc23)ccc1F. The number of hydrogen-bond acceptors (Lipinski definition) is 4. The number of carboxylic acid groups (broad SMARTS) is 1. The lowest BCUT2D eigenvalue weighted by Gasteiger charge is -2.22. The number of rotatable bonds is 5. The van der Waals surface area contributed by atoms with Crippen LogP contribution in [0.3, 0.4) is 0 Å². The third-order valence-electron chi connectivity index (χ3n) is 4.75. The molecule has 1 aromatic heterocycles. The van der Waals surface area contributed by atoms with Gasteiger partial charge in [-0.25, -0.2) is 9.37 Å². The van der Waals surface area contributed by atoms with Crippen LogP contribution >= 0.6 is 0 Å². The molecule has 0 fully saturated rings. The minimum absolute atomic E-state index is 0.0227. The van der Waals surface area contributed by atoms with Crippen molar-refractivity contribution >= 4 is 22.7 Å². The number of aliphatic carboxylic acids is 1. The lowest BCUT2D eigenvalue weighted by molar-refractivity contribution is -0.137. The first-order valence-corrected chi connectivity index (χ1v) is 9.11. The molecule has 0 aliphatic rings. The molecule has 2 aromatic carbocycles. The van der Waals surface area contributed by atoms with Crippen molar-refractivity contribution in [1.29, 1.82) is 0 Å². The summed E-state index contributed by atoms with van der Waals surface area (Å²) in [5.74, 6) is -0.749. The first-order valence-electron chi connectivity index (χ1n) is 9.11. The number of fused-ring (bicyclic) bond motifs is 1. The summed E-state index contributed by atoms with van der Waals surface area (Å²) in [4.78, 5) is 16.0. The number of phenols is 1. The Kier molecular flexibility index (Phi) is 5.23. The van der Waals surface area contributed by atoms with E-state index in [0.29, 0.717) is 16.9 Å². The van der Waals surface area contributed by atoms with Gasteiger partial charge in [0.2, 0.25) is 0 Å². The predicted octanol–water partition coefficient (Wildman–Crippen LogP) is 5.06. The van der Waals surface area contributed by atoms with Gasteiger partial charge in [0.1, 0.15) is 23.4 Å². The molecule has 3 N–H and O–H groups in total. The molecular weight excluding hydrogens is 359 g/mol. The highest BCUT2D eigenvalue weighted by Crippen LogP contribution is 2.40. The van der Waals surface area contributed by atoms with Crippen LogP contribution in [0.25, 0.3) is 22.0 Å². The molecule has 5 nitrogen and oxygen atoms in total. The molecule has 3 aromatic rings. The molecule has 0 aliphatic carbocycles. The Balaban J connectivity index is 2.39. The molecule has 3 rings (SSSR count). The Morgan fingerprint density at radius 2 is 1.86 bits per heavy atom. The van der Waals surface area contributed by atoms with E-state index in [1.54, 1.807) is 38.1 Å². The average molecular weight is 382 g/mol. The standard InChI is InChI=1S/C22H23FN2O3/c1-11(2)19-20(14-5-8-17(23)12(3)9-14)16-7-6-15(26)10-18(16)25-21(19)24-13(4)22(27)28/h5-11,13,26H,1-4H3,(H,24,25)(H,27,28)/t13-/m1/s1. The fourth-order valence-electron chi connectivity index (χ4n) is 3.32. The van der Waals surface area contributed by atoms with Crippen LogP contribution in [0.5, 0.6) is 5.75 Å². The highest BCUT2D eigenvalue weighted by atomic mass is 19.1. The van der Waals surface area contributed by atoms with Gasteiger partial charge in [0.25, 0.3) is 0 Å². The van der Waals surface area contributed by atoms with Gasteiger partial charge < -0.3 is 15.5 Å². The van der Waals surface area contributed by atoms with Crippen LogP contribution in [-0.4, -0.2) is 27.2 Å². The van der Waals surface area contributed by atoms with E-state index in [1.165, 1.54) is 12.1 Å². The Labute approximate surface area is 162 Å². The van der Waals surface area contributed by atoms with Gasteiger partial charge in [0, 0.05) is 17.0 Å². The number of aromatic nitrogens is 1. The lowest BCUT2D eigenvalue weighted by atomic mass is 9.89. The summed E-state index contributed by atoms with van der Waals surface area (Å²) in [6, 6.07) is 8.96. The minimum atomic E-state index is -0.994. The van der Waals surface area contributed by atoms with Crippen molar-refractivity contribution in [2.75, 3.05) is 5.32 Å². The Morgan fingerprint density at radius 3 is 2.46 bits per heavy atom. The summed E-state index contributed by atoms with van der Waals surface area (Å²) in [7, 11) is 0. The Bertz CT molecular complexity index is 1060. The number of aromatic hydroxyl groups is 1. The number of hydrogen-bond donors (Lipinski definition) is 3. The van der Waals surface area contributed by atoms with Crippen LogP contribution in [0.15, 0.2) is 36.4 Å². The number of aryl methyl sites for hydroxylation is 1. The average Bonchev–Trinajstić information content (AvgIpc) is 2.62. The molecule has 0 radical (unpaired) electrons. The third kappa shape index (κ3) is 3.63. The summed E-state index contributed by atoms with van der Waals surface area (Å²) in [5, 5.41) is 23.0. The smallest absolute Gasteiger partial charge is 0.325 e. The number of pyridine rings is 1. The van der Waals surface area contributed by atoms with Crippen molar-refractivity contribution in [3.63, 3.8) is 0 Å². The van der Waals surface area contributed by atoms with E-state index < -0.39 is 12.0 Å². The molecule has 0 amide bonds. The van der Waals surface area contributed by atoms with E-state index in [4.69, 9.17) is 0 Å². The fourth-order valence-corrected chi connectivity index (χ4v) is 3.32. The van der Waals surface area contributed by atoms with Gasteiger partial charge in [-0.2, -0.15) is 0 Å². The normalized spacial score (nSPS) is 12.4. The summed E-state index contributed by atoms with van der Waals surface area (Å²) in [6.45, 7) is 7.25. The highest BCUT2D eigenvalue weighted by molar-refractivity contribution is 5.99. The van der Waals surface area contributed by atoms with Gasteiger partial charge in [0.05, 0.1) is 5.52 Å². The molecule has 1 atom stereocenters. The number of carboxylic acids is 1. The molecule has 6 heteroatoms. The number of nitrogens with zero attached hydrogens (tertiary/aromatic N) is 1. The molecule has 0 bridgehead atoms. The summed E-state index contributed by atoms with van der Waals surface area (Å²) in [5.41, 5.74) is 3.55. The maximum atomic E-state index is 13.9. The number of halogens is 1. The van der Waals surface area contributed by atoms with Crippen molar-refractivity contribution in [2.24, 2.45) is 0 Å². The van der Waals surface area contributed by atoms with Crippen molar-refractivity contribution in [3.05, 3.63) is 53.3 Å². The monoisotopic (exact) mass is 382 g/mol. The van der Waals surface area contributed by atoms with Crippen molar-refractivity contribution in [2.45, 2.75) is 39.7 Å². The van der Waals surface area contributed by atoms with Gasteiger partial charge in [-0.1, -0.05) is 19.9 Å². The molecular formula is C22H23FN2O3. The molecule has 0 saturated carbocycles. The second kappa shape index (κ2) is 7.46. The van der Waals surface area contributed by atoms with Gasteiger partial charge >= 0.3 is 5.97 Å². The molecule has 0 aliphatic heterocycles. The van der Waals surface area contributed by atoms with E-state index in [2.05, 4.69) is 10.3 Å². The van der Waals surface area contributed by atoms with Crippen LogP contribution < -0.4 is 5.32 Å². The van der Waals surface area contributed by atoms with Crippen LogP contribution in [0.4, 0.5) is 10.2 Å². The number of benzene rings is 2. The van der Waals surface area contributed by atoms with E-state index in [0.717, 1.165) is 22.1 Å². The first kappa shape index (κ1) is 19.6. The number of carbonyl (C=O) groups is 1. The molecule has 146 valence electrons. The van der Waals surface area contributed by atoms with Crippen LogP contribution in [0.2, 0.25) is 0 Å². The minimum Gasteiger partial charge on any atom is -0.508 e. The van der Waals surface area contributed by atoms with Crippen LogP contribution in [-0.2, 0) is 4.79 Å². The second-order valence-electron chi connectivity index (χ2n) is 7.27. The third-order valence-corrected chi connectivity index (χ3v) is 4.75. The quantitative estimate of drug-likeness (QED) is 0.574. The maximum absolute atomic E-state index is 13.9. The van der Waals surface area contributed by atoms with Gasteiger partial charge in [0.15, 0.2) is 0 Å².